The summed E-state index contributed by atoms with van der Waals surface area (Å²) in [6.07, 6.45) is 3.74. The van der Waals surface area contributed by atoms with Crippen molar-refractivity contribution in [1.29, 1.82) is 5.26 Å². The molecule has 1 spiro atoms. The minimum atomic E-state index is -1.62. The fourth-order valence-corrected chi connectivity index (χ4v) is 7.82. The Morgan fingerprint density at radius 2 is 1.76 bits per heavy atom. The van der Waals surface area contributed by atoms with Gasteiger partial charge in [0.2, 0.25) is 0 Å². The maximum absolute atomic E-state index is 13.8. The zero-order valence-corrected chi connectivity index (χ0v) is 23.5. The maximum atomic E-state index is 13.8. The van der Waals surface area contributed by atoms with Gasteiger partial charge in [-0.05, 0) is 95.4 Å². The highest BCUT2D eigenvalue weighted by Gasteiger charge is 2.71. The van der Waals surface area contributed by atoms with Crippen molar-refractivity contribution in [2.45, 2.75) is 90.2 Å². The first-order chi connectivity index (χ1) is 15.4. The Labute approximate surface area is 210 Å². The van der Waals surface area contributed by atoms with Gasteiger partial charge in [-0.2, -0.15) is 5.26 Å². The van der Waals surface area contributed by atoms with Crippen molar-refractivity contribution >= 4 is 26.9 Å². The second-order valence-electron chi connectivity index (χ2n) is 10.9. The summed E-state index contributed by atoms with van der Waals surface area (Å²) >= 11 is 3.66. The summed E-state index contributed by atoms with van der Waals surface area (Å²) in [5, 5.41) is 10.8. The van der Waals surface area contributed by atoms with Gasteiger partial charge in [0.15, 0.2) is 0 Å². The van der Waals surface area contributed by atoms with Crippen molar-refractivity contribution in [2.24, 2.45) is 17.3 Å². The molecule has 4 atom stereocenters. The van der Waals surface area contributed by atoms with Crippen molar-refractivity contribution in [3.05, 3.63) is 33.8 Å². The van der Waals surface area contributed by atoms with Crippen molar-refractivity contribution < 1.29 is 13.7 Å². The first-order valence-electron chi connectivity index (χ1n) is 12.1. The zero-order valence-electron chi connectivity index (χ0n) is 21.1. The van der Waals surface area contributed by atoms with Gasteiger partial charge >= 0.3 is 0 Å². The average Bonchev–Trinajstić information content (AvgIpc) is 2.95. The fraction of sp³-hybridized carbons (Fsp3) is 0.731. The Hall–Kier alpha value is -0.780. The van der Waals surface area contributed by atoms with Crippen LogP contribution in [0.15, 0.2) is 22.7 Å². The molecule has 0 radical (unpaired) electrons. The molecule has 0 bridgehead atoms. The molecule has 3 rings (SSSR count). The molecule has 2 aliphatic carbocycles. The van der Waals surface area contributed by atoms with Gasteiger partial charge in [-0.15, -0.1) is 0 Å². The third-order valence-corrected chi connectivity index (χ3v) is 9.32. The summed E-state index contributed by atoms with van der Waals surface area (Å²) in [5.41, 5.74) is 0.644. The molecule has 4 unspecified atom stereocenters. The van der Waals surface area contributed by atoms with Crippen LogP contribution in [0.5, 0.6) is 0 Å². The molecular weight excluding hydrogens is 500 g/mol. The number of hydrogen-bond acceptors (Lipinski definition) is 4. The third kappa shape index (κ3) is 4.47. The maximum Gasteiger partial charge on any atom is 0.283 e. The third-order valence-electron chi connectivity index (χ3n) is 7.22. The van der Waals surface area contributed by atoms with E-state index in [1.165, 1.54) is 0 Å². The van der Waals surface area contributed by atoms with Gasteiger partial charge in [-0.3, -0.25) is 0 Å². The van der Waals surface area contributed by atoms with Crippen LogP contribution in [0.4, 0.5) is 0 Å². The van der Waals surface area contributed by atoms with E-state index in [2.05, 4.69) is 58.8 Å². The van der Waals surface area contributed by atoms with Crippen LogP contribution in [0.2, 0.25) is 0 Å². The van der Waals surface area contributed by atoms with E-state index in [1.54, 1.807) is 0 Å². The zero-order chi connectivity index (χ0) is 24.7. The second-order valence-corrected chi connectivity index (χ2v) is 13.8. The SMILES string of the molecule is CCOC(C#N)(OCC)C1(NS(=O)C(C)(C)C)c2cc(Br)ccc2CC12CC(C)CC(C)C2. The van der Waals surface area contributed by atoms with Gasteiger partial charge in [-0.25, -0.2) is 8.93 Å². The topological polar surface area (TPSA) is 71.3 Å². The molecule has 1 aromatic rings. The number of hydrogen-bond donors (Lipinski definition) is 1. The van der Waals surface area contributed by atoms with Crippen molar-refractivity contribution in [3.63, 3.8) is 0 Å². The number of nitrogens with zero attached hydrogens (tertiary/aromatic N) is 1. The molecule has 1 N–H and O–H groups in total. The largest absolute Gasteiger partial charge is 0.337 e. The number of ether oxygens (including phenoxy) is 2. The molecule has 1 saturated carbocycles. The van der Waals surface area contributed by atoms with Crippen LogP contribution < -0.4 is 4.72 Å². The van der Waals surface area contributed by atoms with Crippen LogP contribution in [0.25, 0.3) is 0 Å². The second kappa shape index (κ2) is 9.70. The molecule has 0 aromatic heterocycles. The molecule has 2 aliphatic rings. The Kier molecular flexibility index (Phi) is 7.88. The lowest BCUT2D eigenvalue weighted by molar-refractivity contribution is -0.267. The molecule has 0 heterocycles. The number of fused-ring (bicyclic) bond motifs is 1. The van der Waals surface area contributed by atoms with Crippen LogP contribution in [0.1, 0.15) is 78.9 Å². The molecule has 184 valence electrons. The number of nitrogens with one attached hydrogen (secondary N) is 1. The number of nitriles is 1. The lowest BCUT2D eigenvalue weighted by Crippen LogP contribution is -2.71. The summed E-state index contributed by atoms with van der Waals surface area (Å²) in [4.78, 5) is 0. The molecule has 0 aliphatic heterocycles. The van der Waals surface area contributed by atoms with Gasteiger partial charge in [0.1, 0.15) is 11.6 Å². The summed E-state index contributed by atoms with van der Waals surface area (Å²) in [5.74, 6) is -0.689. The smallest absolute Gasteiger partial charge is 0.283 e. The monoisotopic (exact) mass is 538 g/mol. The van der Waals surface area contributed by atoms with Gasteiger partial charge < -0.3 is 9.47 Å². The summed E-state index contributed by atoms with van der Waals surface area (Å²) in [6.45, 7) is 14.8. The predicted molar refractivity (Wildman–Crippen MR) is 137 cm³/mol. The highest BCUT2D eigenvalue weighted by Crippen LogP contribution is 2.64. The number of benzene rings is 1. The van der Waals surface area contributed by atoms with Crippen molar-refractivity contribution in [2.75, 3.05) is 13.2 Å². The highest BCUT2D eigenvalue weighted by molar-refractivity contribution is 9.10. The Morgan fingerprint density at radius 1 is 1.18 bits per heavy atom. The Bertz CT molecular complexity index is 922. The quantitative estimate of drug-likeness (QED) is 0.433. The van der Waals surface area contributed by atoms with Gasteiger partial charge in [0, 0.05) is 23.1 Å². The van der Waals surface area contributed by atoms with E-state index in [9.17, 15) is 9.47 Å². The molecule has 7 heteroatoms. The molecule has 1 aromatic carbocycles. The van der Waals surface area contributed by atoms with Gasteiger partial charge in [0.05, 0.1) is 15.7 Å². The van der Waals surface area contributed by atoms with Crippen LogP contribution >= 0.6 is 15.9 Å². The predicted octanol–water partition coefficient (Wildman–Crippen LogP) is 5.99. The molecule has 5 nitrogen and oxygen atoms in total. The van der Waals surface area contributed by atoms with Gasteiger partial charge in [0.25, 0.3) is 5.79 Å². The van der Waals surface area contributed by atoms with E-state index >= 15 is 0 Å². The van der Waals surface area contributed by atoms with Crippen LogP contribution in [-0.4, -0.2) is 28.0 Å². The van der Waals surface area contributed by atoms with Crippen molar-refractivity contribution in [1.82, 2.24) is 4.72 Å². The van der Waals surface area contributed by atoms with E-state index in [1.807, 2.05) is 34.6 Å². The Balaban J connectivity index is 2.43. The molecule has 0 saturated heterocycles. The first kappa shape index (κ1) is 26.8. The summed E-state index contributed by atoms with van der Waals surface area (Å²) in [6, 6.07) is 8.72. The Morgan fingerprint density at radius 3 is 2.24 bits per heavy atom. The van der Waals surface area contributed by atoms with Crippen LogP contribution in [-0.2, 0) is 32.4 Å². The van der Waals surface area contributed by atoms with E-state index in [-0.39, 0.29) is 5.41 Å². The fourth-order valence-electron chi connectivity index (χ4n) is 6.42. The molecule has 33 heavy (non-hydrogen) atoms. The molecular formula is C26H39BrN2O3S. The lowest BCUT2D eigenvalue weighted by Gasteiger charge is -2.57. The minimum Gasteiger partial charge on any atom is -0.337 e. The normalized spacial score (nSPS) is 30.8. The average molecular weight is 540 g/mol. The van der Waals surface area contributed by atoms with Gasteiger partial charge in [-0.1, -0.05) is 35.8 Å². The van der Waals surface area contributed by atoms with E-state index in [0.717, 1.165) is 41.3 Å². The molecule has 0 amide bonds. The van der Waals surface area contributed by atoms with Crippen LogP contribution in [0, 0.1) is 28.6 Å². The highest BCUT2D eigenvalue weighted by atomic mass is 79.9. The number of rotatable bonds is 7. The summed E-state index contributed by atoms with van der Waals surface area (Å²) in [7, 11) is -1.46. The summed E-state index contributed by atoms with van der Waals surface area (Å²) < 4.78 is 30.4. The standard InChI is InChI=1S/C26H39BrN2O3S/c1-8-31-25(17-28,32-9-2)26(29-33(30)23(5,6)7)22-13-21(27)11-10-20(22)16-24(26)14-18(3)12-19(4)15-24/h10-11,13,18-19,29H,8-9,12,14-16H2,1-7H3. The number of halogens is 1. The lowest BCUT2D eigenvalue weighted by atomic mass is 9.55. The minimum absolute atomic E-state index is 0.309. The van der Waals surface area contributed by atoms with Crippen LogP contribution in [0.3, 0.4) is 0 Å². The van der Waals surface area contributed by atoms with E-state index in [0.29, 0.717) is 25.0 Å². The van der Waals surface area contributed by atoms with E-state index < -0.39 is 27.1 Å². The first-order valence-corrected chi connectivity index (χ1v) is 14.0. The van der Waals surface area contributed by atoms with Crippen molar-refractivity contribution in [3.8, 4) is 6.07 Å². The molecule has 1 fully saturated rings. The van der Waals surface area contributed by atoms with E-state index in [4.69, 9.17) is 9.47 Å².